The van der Waals surface area contributed by atoms with E-state index in [2.05, 4.69) is 24.1 Å². The van der Waals surface area contributed by atoms with Crippen molar-refractivity contribution in [3.05, 3.63) is 65.2 Å². The third kappa shape index (κ3) is 4.52. The van der Waals surface area contributed by atoms with Gasteiger partial charge in [0, 0.05) is 0 Å². The molecule has 7 heteroatoms. The average Bonchev–Trinajstić information content (AvgIpc) is 2.64. The van der Waals surface area contributed by atoms with Gasteiger partial charge in [-0.15, -0.1) is 0 Å². The second-order valence-corrected chi connectivity index (χ2v) is 6.33. The van der Waals surface area contributed by atoms with Crippen molar-refractivity contribution in [3.63, 3.8) is 0 Å². The Kier molecular flexibility index (Phi) is 5.21. The molecule has 4 amide bonds. The monoisotopic (exact) mass is 362 g/mol. The van der Waals surface area contributed by atoms with Crippen molar-refractivity contribution >= 4 is 35.3 Å². The third-order valence-electron chi connectivity index (χ3n) is 3.99. The van der Waals surface area contributed by atoms with E-state index in [0.717, 1.165) is 5.69 Å². The van der Waals surface area contributed by atoms with Crippen LogP contribution in [0.25, 0.3) is 6.08 Å². The largest absolute Gasteiger partial charge is 0.328 e. The lowest BCUT2D eigenvalue weighted by molar-refractivity contribution is -0.123. The maximum Gasteiger partial charge on any atom is 0.328 e. The summed E-state index contributed by atoms with van der Waals surface area (Å²) in [5.41, 5.74) is 3.13. The number of nitrogens with one attached hydrogen (secondary N) is 2. The van der Waals surface area contributed by atoms with E-state index in [1.165, 1.54) is 11.6 Å². The van der Waals surface area contributed by atoms with Crippen LogP contribution >= 0.6 is 0 Å². The summed E-state index contributed by atoms with van der Waals surface area (Å²) >= 11 is 0. The van der Waals surface area contributed by atoms with Crippen LogP contribution < -0.4 is 10.6 Å². The minimum absolute atomic E-state index is 0.130. The van der Waals surface area contributed by atoms with Crippen molar-refractivity contribution in [2.45, 2.75) is 19.8 Å². The summed E-state index contributed by atoms with van der Waals surface area (Å²) < 4.78 is 0. The quantitative estimate of drug-likeness (QED) is 0.489. The van der Waals surface area contributed by atoms with Crippen molar-refractivity contribution in [1.82, 2.24) is 10.6 Å². The van der Waals surface area contributed by atoms with Crippen molar-refractivity contribution < 1.29 is 14.4 Å². The molecular formula is C20H18N4O3. The fourth-order valence-electron chi connectivity index (χ4n) is 2.45. The number of barbiturate groups is 1. The number of carbonyl (C=O) groups is 3. The van der Waals surface area contributed by atoms with Crippen molar-refractivity contribution in [1.29, 1.82) is 0 Å². The zero-order valence-corrected chi connectivity index (χ0v) is 14.9. The van der Waals surface area contributed by atoms with E-state index in [1.807, 2.05) is 34.9 Å². The van der Waals surface area contributed by atoms with E-state index in [4.69, 9.17) is 0 Å². The molecule has 1 aliphatic rings. The van der Waals surface area contributed by atoms with E-state index in [1.54, 1.807) is 24.3 Å². The van der Waals surface area contributed by atoms with Gasteiger partial charge in [0.2, 0.25) is 0 Å². The molecule has 136 valence electrons. The highest BCUT2D eigenvalue weighted by Gasteiger charge is 2.27. The van der Waals surface area contributed by atoms with E-state index >= 15 is 0 Å². The molecule has 0 aliphatic carbocycles. The van der Waals surface area contributed by atoms with Crippen LogP contribution in [0.1, 0.15) is 30.9 Å². The van der Waals surface area contributed by atoms with Crippen LogP contribution in [0.3, 0.4) is 0 Å². The van der Waals surface area contributed by atoms with Crippen molar-refractivity contribution in [2.24, 2.45) is 10.2 Å². The Hall–Kier alpha value is -3.61. The first kappa shape index (κ1) is 18.2. The number of carbonyl (C=O) groups excluding carboxylic acids is 3. The van der Waals surface area contributed by atoms with Crippen LogP contribution in [-0.2, 0) is 9.59 Å². The first-order chi connectivity index (χ1) is 12.9. The number of urea groups is 1. The summed E-state index contributed by atoms with van der Waals surface area (Å²) in [6, 6.07) is 13.9. The molecule has 1 heterocycles. The predicted octanol–water partition coefficient (Wildman–Crippen LogP) is 3.97. The van der Waals surface area contributed by atoms with Crippen molar-refractivity contribution in [3.8, 4) is 0 Å². The Labute approximate surface area is 156 Å². The van der Waals surface area contributed by atoms with Gasteiger partial charge >= 0.3 is 6.03 Å². The lowest BCUT2D eigenvalue weighted by Gasteiger charge is -2.13. The van der Waals surface area contributed by atoms with Gasteiger partial charge in [-0.1, -0.05) is 38.1 Å². The number of azo groups is 1. The van der Waals surface area contributed by atoms with Crippen LogP contribution in [0.15, 0.2) is 64.3 Å². The van der Waals surface area contributed by atoms with Crippen molar-refractivity contribution in [2.75, 3.05) is 0 Å². The molecule has 0 unspecified atom stereocenters. The smallest absolute Gasteiger partial charge is 0.273 e. The van der Waals surface area contributed by atoms with Gasteiger partial charge in [-0.3, -0.25) is 20.2 Å². The Bertz CT molecular complexity index is 920. The molecule has 0 aromatic heterocycles. The minimum atomic E-state index is -0.820. The normalized spacial score (nSPS) is 14.5. The minimum Gasteiger partial charge on any atom is -0.273 e. The highest BCUT2D eigenvalue weighted by Crippen LogP contribution is 2.22. The van der Waals surface area contributed by atoms with E-state index in [0.29, 0.717) is 17.2 Å². The highest BCUT2D eigenvalue weighted by molar-refractivity contribution is 6.31. The van der Waals surface area contributed by atoms with Gasteiger partial charge in [0.1, 0.15) is 5.57 Å². The van der Waals surface area contributed by atoms with Gasteiger partial charge in [-0.05, 0) is 47.4 Å². The molecule has 0 radical (unpaired) electrons. The first-order valence-corrected chi connectivity index (χ1v) is 8.42. The number of rotatable bonds is 4. The molecular weight excluding hydrogens is 344 g/mol. The molecule has 1 fully saturated rings. The summed E-state index contributed by atoms with van der Waals surface area (Å²) in [4.78, 5) is 34.5. The Balaban J connectivity index is 1.72. The topological polar surface area (TPSA) is 100.0 Å². The number of imide groups is 2. The fraction of sp³-hybridized carbons (Fsp3) is 0.150. The predicted molar refractivity (Wildman–Crippen MR) is 101 cm³/mol. The van der Waals surface area contributed by atoms with Gasteiger partial charge in [0.05, 0.1) is 11.4 Å². The standard InChI is InChI=1S/C20H18N4O3/c1-12(2)14-5-9-16(10-6-14)24-23-15-7-3-13(4-8-15)11-17-18(25)21-20(27)22-19(17)26/h3-12H,1-2H3,(H2,21,22,25,26,27)/b24-23+. The third-order valence-corrected chi connectivity index (χ3v) is 3.99. The van der Waals surface area contributed by atoms with Crippen LogP contribution in [0.2, 0.25) is 0 Å². The average molecular weight is 362 g/mol. The van der Waals surface area contributed by atoms with Crippen LogP contribution in [0, 0.1) is 0 Å². The maximum atomic E-state index is 11.7. The number of nitrogens with zero attached hydrogens (tertiary/aromatic N) is 2. The molecule has 27 heavy (non-hydrogen) atoms. The number of hydrogen-bond donors (Lipinski definition) is 2. The highest BCUT2D eigenvalue weighted by atomic mass is 16.2. The zero-order valence-electron chi connectivity index (χ0n) is 14.9. The lowest BCUT2D eigenvalue weighted by Crippen LogP contribution is -2.51. The maximum absolute atomic E-state index is 11.7. The summed E-state index contributed by atoms with van der Waals surface area (Å²) in [5, 5.41) is 12.4. The summed E-state index contributed by atoms with van der Waals surface area (Å²) in [5.74, 6) is -0.987. The van der Waals surface area contributed by atoms with Gasteiger partial charge in [0.25, 0.3) is 11.8 Å². The molecule has 2 aromatic carbocycles. The fourth-order valence-corrected chi connectivity index (χ4v) is 2.45. The molecule has 2 aromatic rings. The second kappa shape index (κ2) is 7.74. The zero-order chi connectivity index (χ0) is 19.4. The van der Waals surface area contributed by atoms with Crippen LogP contribution in [-0.4, -0.2) is 17.8 Å². The van der Waals surface area contributed by atoms with E-state index in [-0.39, 0.29) is 5.57 Å². The number of benzene rings is 2. The Morgan fingerprint density at radius 3 is 1.74 bits per heavy atom. The molecule has 0 saturated carbocycles. The SMILES string of the molecule is CC(C)c1ccc(/N=N/c2ccc(C=C3C(=O)NC(=O)NC3=O)cc2)cc1. The van der Waals surface area contributed by atoms with E-state index < -0.39 is 17.8 Å². The number of amides is 4. The first-order valence-electron chi connectivity index (χ1n) is 8.42. The van der Waals surface area contributed by atoms with Crippen LogP contribution in [0.4, 0.5) is 16.2 Å². The summed E-state index contributed by atoms with van der Waals surface area (Å²) in [6.07, 6.45) is 1.41. The Morgan fingerprint density at radius 1 is 0.778 bits per heavy atom. The molecule has 0 spiro atoms. The van der Waals surface area contributed by atoms with Gasteiger partial charge in [-0.25, -0.2) is 4.79 Å². The Morgan fingerprint density at radius 2 is 1.26 bits per heavy atom. The summed E-state index contributed by atoms with van der Waals surface area (Å²) in [7, 11) is 0. The van der Waals surface area contributed by atoms with Gasteiger partial charge < -0.3 is 0 Å². The number of hydrogen-bond acceptors (Lipinski definition) is 5. The van der Waals surface area contributed by atoms with Gasteiger partial charge in [0.15, 0.2) is 0 Å². The molecule has 0 bridgehead atoms. The molecule has 1 aliphatic heterocycles. The molecule has 3 rings (SSSR count). The summed E-state index contributed by atoms with van der Waals surface area (Å²) in [6.45, 7) is 4.26. The second-order valence-electron chi connectivity index (χ2n) is 6.33. The molecule has 1 saturated heterocycles. The molecule has 0 atom stereocenters. The molecule has 2 N–H and O–H groups in total. The molecule has 7 nitrogen and oxygen atoms in total. The lowest BCUT2D eigenvalue weighted by atomic mass is 10.0. The van der Waals surface area contributed by atoms with Crippen LogP contribution in [0.5, 0.6) is 0 Å². The van der Waals surface area contributed by atoms with E-state index in [9.17, 15) is 14.4 Å². The van der Waals surface area contributed by atoms with Gasteiger partial charge in [-0.2, -0.15) is 10.2 Å².